The summed E-state index contributed by atoms with van der Waals surface area (Å²) in [5, 5.41) is 13.7. The average Bonchev–Trinajstić information content (AvgIpc) is 2.43. The topological polar surface area (TPSA) is 75.1 Å². The van der Waals surface area contributed by atoms with Crippen molar-refractivity contribution in [2.45, 2.75) is 26.3 Å². The number of nitrogens with one attached hydrogen (secondary N) is 1. The molecule has 2 rings (SSSR count). The third kappa shape index (κ3) is 2.99. The summed E-state index contributed by atoms with van der Waals surface area (Å²) in [5.74, 6) is -0.385. The molecule has 106 valence electrons. The van der Waals surface area contributed by atoms with E-state index in [1.165, 1.54) is 6.33 Å². The van der Waals surface area contributed by atoms with E-state index in [9.17, 15) is 9.90 Å². The summed E-state index contributed by atoms with van der Waals surface area (Å²) in [4.78, 5) is 19.7. The largest absolute Gasteiger partial charge is 0.480 e. The molecule has 0 unspecified atom stereocenters. The summed E-state index contributed by atoms with van der Waals surface area (Å²) in [6.45, 7) is 3.85. The predicted octanol–water partition coefficient (Wildman–Crippen LogP) is 3.19. The van der Waals surface area contributed by atoms with Gasteiger partial charge in [-0.25, -0.2) is 14.8 Å². The lowest BCUT2D eigenvalue weighted by Crippen LogP contribution is -2.35. The summed E-state index contributed by atoms with van der Waals surface area (Å²) in [6.07, 6.45) is 2.16. The molecule has 1 aromatic heterocycles. The number of hydrogen-bond donors (Lipinski definition) is 2. The molecule has 0 fully saturated rings. The Bertz CT molecular complexity index is 633. The first-order valence-corrected chi connectivity index (χ1v) is 6.80. The van der Waals surface area contributed by atoms with Crippen LogP contribution in [0.4, 0.5) is 5.82 Å². The third-order valence-corrected chi connectivity index (χ3v) is 3.60. The molecule has 0 aliphatic carbocycles. The summed E-state index contributed by atoms with van der Waals surface area (Å²) in [6, 6.07) is 4.56. The number of carboxylic acid groups (broad SMARTS) is 1. The van der Waals surface area contributed by atoms with Crippen molar-refractivity contribution in [3.8, 4) is 0 Å². The van der Waals surface area contributed by atoms with Crippen LogP contribution in [0, 0.1) is 5.92 Å². The number of hydrogen-bond acceptors (Lipinski definition) is 4. The minimum absolute atomic E-state index is 0.00943. The van der Waals surface area contributed by atoms with Crippen LogP contribution in [0.1, 0.15) is 20.3 Å². The molecule has 0 radical (unpaired) electrons. The Morgan fingerprint density at radius 3 is 2.85 bits per heavy atom. The van der Waals surface area contributed by atoms with E-state index in [2.05, 4.69) is 15.3 Å². The number of carboxylic acids is 1. The first-order chi connectivity index (χ1) is 9.52. The number of rotatable bonds is 5. The molecule has 2 N–H and O–H groups in total. The predicted molar refractivity (Wildman–Crippen MR) is 79.0 cm³/mol. The second kappa shape index (κ2) is 6.05. The zero-order valence-electron chi connectivity index (χ0n) is 11.3. The zero-order valence-corrected chi connectivity index (χ0v) is 12.1. The molecule has 1 heterocycles. The molecule has 0 bridgehead atoms. The van der Waals surface area contributed by atoms with Gasteiger partial charge in [-0.15, -0.1) is 0 Å². The highest BCUT2D eigenvalue weighted by Gasteiger charge is 2.24. The Morgan fingerprint density at radius 2 is 2.20 bits per heavy atom. The van der Waals surface area contributed by atoms with Gasteiger partial charge in [0.25, 0.3) is 0 Å². The Hall–Kier alpha value is -1.88. The second-order valence-electron chi connectivity index (χ2n) is 4.73. The number of nitrogens with zero attached hydrogens (tertiary/aromatic N) is 2. The first kappa shape index (κ1) is 14.5. The quantitative estimate of drug-likeness (QED) is 0.885. The molecular formula is C14H16ClN3O2. The molecule has 2 aromatic rings. The Labute approximate surface area is 122 Å². The Morgan fingerprint density at radius 1 is 1.45 bits per heavy atom. The van der Waals surface area contributed by atoms with Gasteiger partial charge in [0.1, 0.15) is 18.2 Å². The van der Waals surface area contributed by atoms with Gasteiger partial charge in [-0.2, -0.15) is 0 Å². The maximum Gasteiger partial charge on any atom is 0.326 e. The van der Waals surface area contributed by atoms with Crippen LogP contribution in [0.5, 0.6) is 0 Å². The molecule has 20 heavy (non-hydrogen) atoms. The van der Waals surface area contributed by atoms with Crippen LogP contribution in [-0.4, -0.2) is 27.1 Å². The molecule has 0 saturated carbocycles. The third-order valence-electron chi connectivity index (χ3n) is 3.37. The van der Waals surface area contributed by atoms with Crippen LogP contribution in [0.15, 0.2) is 24.5 Å². The highest BCUT2D eigenvalue weighted by atomic mass is 35.5. The monoisotopic (exact) mass is 293 g/mol. The van der Waals surface area contributed by atoms with Gasteiger partial charge < -0.3 is 10.4 Å². The van der Waals surface area contributed by atoms with E-state index in [1.807, 2.05) is 13.8 Å². The van der Waals surface area contributed by atoms with Crippen molar-refractivity contribution in [3.05, 3.63) is 29.5 Å². The van der Waals surface area contributed by atoms with E-state index in [0.717, 1.165) is 11.8 Å². The van der Waals surface area contributed by atoms with Crippen LogP contribution < -0.4 is 5.32 Å². The molecule has 1 aromatic carbocycles. The maximum atomic E-state index is 11.4. The molecule has 5 nitrogen and oxygen atoms in total. The fourth-order valence-electron chi connectivity index (χ4n) is 1.98. The lowest BCUT2D eigenvalue weighted by atomic mass is 9.99. The van der Waals surface area contributed by atoms with Crippen LogP contribution in [0.2, 0.25) is 5.02 Å². The zero-order chi connectivity index (χ0) is 14.7. The molecule has 0 aliphatic heterocycles. The lowest BCUT2D eigenvalue weighted by molar-refractivity contribution is -0.139. The number of fused-ring (bicyclic) bond motifs is 1. The van der Waals surface area contributed by atoms with Gasteiger partial charge in [-0.3, -0.25) is 0 Å². The molecule has 0 saturated heterocycles. The van der Waals surface area contributed by atoms with E-state index < -0.39 is 12.0 Å². The number of anilines is 1. The number of aromatic nitrogens is 2. The van der Waals surface area contributed by atoms with E-state index in [1.54, 1.807) is 18.2 Å². The standard InChI is InChI=1S/C14H16ClN3O2/c1-3-8(2)12(14(19)20)18-13-10-5-4-9(15)6-11(10)16-7-17-13/h4-8,12H,3H2,1-2H3,(H,19,20)(H,16,17,18)/t8-,12-/m0/s1. The number of aliphatic carboxylic acids is 1. The van der Waals surface area contributed by atoms with Gasteiger partial charge in [0.15, 0.2) is 0 Å². The molecule has 0 aliphatic rings. The fraction of sp³-hybridized carbons (Fsp3) is 0.357. The molecule has 2 atom stereocenters. The maximum absolute atomic E-state index is 11.4. The highest BCUT2D eigenvalue weighted by Crippen LogP contribution is 2.24. The van der Waals surface area contributed by atoms with Crippen molar-refractivity contribution >= 4 is 34.3 Å². The van der Waals surface area contributed by atoms with Gasteiger partial charge in [-0.05, 0) is 24.1 Å². The molecular weight excluding hydrogens is 278 g/mol. The van der Waals surface area contributed by atoms with E-state index in [-0.39, 0.29) is 5.92 Å². The van der Waals surface area contributed by atoms with Gasteiger partial charge >= 0.3 is 5.97 Å². The van der Waals surface area contributed by atoms with Crippen LogP contribution in [-0.2, 0) is 4.79 Å². The van der Waals surface area contributed by atoms with Gasteiger partial charge in [0.05, 0.1) is 5.52 Å². The van der Waals surface area contributed by atoms with E-state index in [0.29, 0.717) is 16.4 Å². The van der Waals surface area contributed by atoms with Gasteiger partial charge in [0, 0.05) is 10.4 Å². The lowest BCUT2D eigenvalue weighted by Gasteiger charge is -2.21. The normalized spacial score (nSPS) is 13.9. The summed E-state index contributed by atoms with van der Waals surface area (Å²) < 4.78 is 0. The second-order valence-corrected chi connectivity index (χ2v) is 5.17. The first-order valence-electron chi connectivity index (χ1n) is 6.42. The van der Waals surface area contributed by atoms with Crippen molar-refractivity contribution in [1.82, 2.24) is 9.97 Å². The molecule has 6 heteroatoms. The Balaban J connectivity index is 2.40. The summed E-state index contributed by atoms with van der Waals surface area (Å²) in [5.41, 5.74) is 0.684. The number of benzene rings is 1. The van der Waals surface area contributed by atoms with Crippen LogP contribution in [0.3, 0.4) is 0 Å². The van der Waals surface area contributed by atoms with Gasteiger partial charge in [0.2, 0.25) is 0 Å². The highest BCUT2D eigenvalue weighted by molar-refractivity contribution is 6.31. The number of halogens is 1. The minimum Gasteiger partial charge on any atom is -0.480 e. The number of carbonyl (C=O) groups is 1. The molecule has 0 amide bonds. The van der Waals surface area contributed by atoms with E-state index in [4.69, 9.17) is 11.6 Å². The van der Waals surface area contributed by atoms with Crippen LogP contribution >= 0.6 is 11.6 Å². The summed E-state index contributed by atoms with van der Waals surface area (Å²) in [7, 11) is 0. The van der Waals surface area contributed by atoms with Crippen molar-refractivity contribution in [2.24, 2.45) is 5.92 Å². The van der Waals surface area contributed by atoms with E-state index >= 15 is 0 Å². The smallest absolute Gasteiger partial charge is 0.326 e. The minimum atomic E-state index is -0.889. The summed E-state index contributed by atoms with van der Waals surface area (Å²) >= 11 is 5.93. The average molecular weight is 294 g/mol. The van der Waals surface area contributed by atoms with Crippen molar-refractivity contribution in [2.75, 3.05) is 5.32 Å². The van der Waals surface area contributed by atoms with Crippen LogP contribution in [0.25, 0.3) is 10.9 Å². The molecule has 0 spiro atoms. The van der Waals surface area contributed by atoms with Crippen molar-refractivity contribution < 1.29 is 9.90 Å². The fourth-order valence-corrected chi connectivity index (χ4v) is 2.14. The van der Waals surface area contributed by atoms with Crippen molar-refractivity contribution in [1.29, 1.82) is 0 Å². The van der Waals surface area contributed by atoms with Crippen molar-refractivity contribution in [3.63, 3.8) is 0 Å². The SMILES string of the molecule is CC[C@H](C)[C@H](Nc1ncnc2cc(Cl)ccc12)C(=O)O. The van der Waals surface area contributed by atoms with Gasteiger partial charge in [-0.1, -0.05) is 31.9 Å². The Kier molecular flexibility index (Phi) is 4.39.